The van der Waals surface area contributed by atoms with Crippen LogP contribution < -0.4 is 0 Å². The predicted octanol–water partition coefficient (Wildman–Crippen LogP) is 1.79. The summed E-state index contributed by atoms with van der Waals surface area (Å²) in [7, 11) is 0. The zero-order valence-electron chi connectivity index (χ0n) is 10.2. The van der Waals surface area contributed by atoms with Gasteiger partial charge in [0.05, 0.1) is 6.10 Å². The van der Waals surface area contributed by atoms with Gasteiger partial charge in [-0.3, -0.25) is 4.90 Å². The highest BCUT2D eigenvalue weighted by molar-refractivity contribution is 4.80. The summed E-state index contributed by atoms with van der Waals surface area (Å²) in [5, 5.41) is 8.96. The van der Waals surface area contributed by atoms with Gasteiger partial charge in [0.2, 0.25) is 0 Å². The molecule has 0 amide bonds. The van der Waals surface area contributed by atoms with Gasteiger partial charge in [-0.15, -0.1) is 0 Å². The van der Waals surface area contributed by atoms with E-state index in [1.165, 1.54) is 38.5 Å². The number of ether oxygens (including phenoxy) is 1. The van der Waals surface area contributed by atoms with Gasteiger partial charge in [0.1, 0.15) is 0 Å². The smallest absolute Gasteiger partial charge is 0.0702 e. The second-order valence-corrected chi connectivity index (χ2v) is 5.15. The van der Waals surface area contributed by atoms with Crippen molar-refractivity contribution in [1.29, 1.82) is 0 Å². The first kappa shape index (κ1) is 12.3. The first-order chi connectivity index (χ1) is 7.90. The Bertz CT molecular complexity index is 186. The van der Waals surface area contributed by atoms with Crippen LogP contribution in [0.3, 0.4) is 0 Å². The van der Waals surface area contributed by atoms with Crippen LogP contribution in [0.4, 0.5) is 0 Å². The Morgan fingerprint density at radius 3 is 2.56 bits per heavy atom. The normalized spacial score (nSPS) is 27.0. The number of rotatable bonds is 6. The van der Waals surface area contributed by atoms with E-state index in [1.807, 2.05) is 0 Å². The fourth-order valence-corrected chi connectivity index (χ4v) is 3.02. The van der Waals surface area contributed by atoms with E-state index in [4.69, 9.17) is 9.84 Å². The predicted molar refractivity (Wildman–Crippen MR) is 64.5 cm³/mol. The van der Waals surface area contributed by atoms with Crippen molar-refractivity contribution in [2.45, 2.75) is 57.1 Å². The molecule has 1 unspecified atom stereocenters. The molecule has 1 aliphatic heterocycles. The number of aliphatic hydroxyl groups is 1. The Balaban J connectivity index is 1.80. The van der Waals surface area contributed by atoms with Gasteiger partial charge >= 0.3 is 0 Å². The van der Waals surface area contributed by atoms with E-state index in [0.717, 1.165) is 32.2 Å². The van der Waals surface area contributed by atoms with Crippen molar-refractivity contribution in [1.82, 2.24) is 4.90 Å². The Morgan fingerprint density at radius 1 is 1.12 bits per heavy atom. The van der Waals surface area contributed by atoms with E-state index < -0.39 is 0 Å². The molecule has 3 heteroatoms. The van der Waals surface area contributed by atoms with Crippen molar-refractivity contribution in [3.63, 3.8) is 0 Å². The third-order valence-corrected chi connectivity index (χ3v) is 3.91. The number of aliphatic hydroxyl groups excluding tert-OH is 1. The van der Waals surface area contributed by atoms with Crippen LogP contribution in [0.1, 0.15) is 44.9 Å². The quantitative estimate of drug-likeness (QED) is 0.751. The van der Waals surface area contributed by atoms with Crippen LogP contribution >= 0.6 is 0 Å². The Kier molecular flexibility index (Phi) is 5.07. The summed E-state index contributed by atoms with van der Waals surface area (Å²) in [6.07, 6.45) is 9.27. The van der Waals surface area contributed by atoms with Gasteiger partial charge in [-0.05, 0) is 32.1 Å². The van der Waals surface area contributed by atoms with Gasteiger partial charge in [-0.1, -0.05) is 12.8 Å². The molecule has 2 aliphatic rings. The van der Waals surface area contributed by atoms with Crippen LogP contribution in [0.25, 0.3) is 0 Å². The molecule has 0 aromatic rings. The third kappa shape index (κ3) is 3.44. The van der Waals surface area contributed by atoms with Crippen molar-refractivity contribution < 1.29 is 9.84 Å². The fraction of sp³-hybridized carbons (Fsp3) is 1.00. The first-order valence-corrected chi connectivity index (χ1v) is 6.86. The van der Waals surface area contributed by atoms with E-state index in [9.17, 15) is 0 Å². The standard InChI is InChI=1S/C13H25NO2/c15-9-4-8-14(12-5-1-2-6-12)11-13-7-3-10-16-13/h12-13,15H,1-11H2. The largest absolute Gasteiger partial charge is 0.396 e. The summed E-state index contributed by atoms with van der Waals surface area (Å²) in [6, 6.07) is 0.760. The summed E-state index contributed by atoms with van der Waals surface area (Å²) in [6.45, 7) is 3.39. The summed E-state index contributed by atoms with van der Waals surface area (Å²) in [5.74, 6) is 0. The maximum Gasteiger partial charge on any atom is 0.0702 e. The molecule has 0 aromatic heterocycles. The zero-order chi connectivity index (χ0) is 11.2. The minimum absolute atomic E-state index is 0.314. The summed E-state index contributed by atoms with van der Waals surface area (Å²) >= 11 is 0. The van der Waals surface area contributed by atoms with Crippen LogP contribution in [0.15, 0.2) is 0 Å². The van der Waals surface area contributed by atoms with Gasteiger partial charge < -0.3 is 9.84 Å². The molecule has 0 radical (unpaired) electrons. The Labute approximate surface area is 98.8 Å². The molecule has 0 aromatic carbocycles. The number of hydrogen-bond acceptors (Lipinski definition) is 3. The minimum Gasteiger partial charge on any atom is -0.396 e. The maximum atomic E-state index is 8.96. The van der Waals surface area contributed by atoms with Crippen LogP contribution in [0.2, 0.25) is 0 Å². The number of nitrogens with zero attached hydrogens (tertiary/aromatic N) is 1. The number of hydrogen-bond donors (Lipinski definition) is 1. The first-order valence-electron chi connectivity index (χ1n) is 6.86. The van der Waals surface area contributed by atoms with E-state index in [1.54, 1.807) is 0 Å². The molecule has 0 bridgehead atoms. The lowest BCUT2D eigenvalue weighted by molar-refractivity contribution is 0.0548. The maximum absolute atomic E-state index is 8.96. The summed E-state index contributed by atoms with van der Waals surface area (Å²) in [5.41, 5.74) is 0. The average molecular weight is 227 g/mol. The highest BCUT2D eigenvalue weighted by Crippen LogP contribution is 2.25. The van der Waals surface area contributed by atoms with E-state index >= 15 is 0 Å². The summed E-state index contributed by atoms with van der Waals surface area (Å²) in [4.78, 5) is 2.57. The topological polar surface area (TPSA) is 32.7 Å². The fourth-order valence-electron chi connectivity index (χ4n) is 3.02. The third-order valence-electron chi connectivity index (χ3n) is 3.91. The molecule has 1 aliphatic carbocycles. The van der Waals surface area contributed by atoms with Crippen LogP contribution in [-0.2, 0) is 4.74 Å². The molecule has 2 fully saturated rings. The molecule has 3 nitrogen and oxygen atoms in total. The molecular formula is C13H25NO2. The van der Waals surface area contributed by atoms with E-state index in [-0.39, 0.29) is 0 Å². The molecule has 2 rings (SSSR count). The molecular weight excluding hydrogens is 202 g/mol. The van der Waals surface area contributed by atoms with Crippen LogP contribution in [-0.4, -0.2) is 48.5 Å². The van der Waals surface area contributed by atoms with Gasteiger partial charge in [-0.2, -0.15) is 0 Å². The lowest BCUT2D eigenvalue weighted by Gasteiger charge is -2.30. The van der Waals surface area contributed by atoms with E-state index in [0.29, 0.717) is 12.7 Å². The Morgan fingerprint density at radius 2 is 1.94 bits per heavy atom. The van der Waals surface area contributed by atoms with Crippen molar-refractivity contribution in [3.8, 4) is 0 Å². The monoisotopic (exact) mass is 227 g/mol. The van der Waals surface area contributed by atoms with Gasteiger partial charge in [0.25, 0.3) is 0 Å². The molecule has 94 valence electrons. The molecule has 1 heterocycles. The van der Waals surface area contributed by atoms with Crippen LogP contribution in [0, 0.1) is 0 Å². The molecule has 1 saturated heterocycles. The Hall–Kier alpha value is -0.120. The molecule has 16 heavy (non-hydrogen) atoms. The molecule has 1 atom stereocenters. The van der Waals surface area contributed by atoms with Crippen molar-refractivity contribution >= 4 is 0 Å². The van der Waals surface area contributed by atoms with Crippen LogP contribution in [0.5, 0.6) is 0 Å². The highest BCUT2D eigenvalue weighted by atomic mass is 16.5. The molecule has 1 N–H and O–H groups in total. The zero-order valence-corrected chi connectivity index (χ0v) is 10.2. The lowest BCUT2D eigenvalue weighted by Crippen LogP contribution is -2.40. The van der Waals surface area contributed by atoms with E-state index in [2.05, 4.69) is 4.90 Å². The lowest BCUT2D eigenvalue weighted by atomic mass is 10.1. The van der Waals surface area contributed by atoms with Crippen molar-refractivity contribution in [3.05, 3.63) is 0 Å². The summed E-state index contributed by atoms with van der Waals surface area (Å²) < 4.78 is 5.72. The van der Waals surface area contributed by atoms with Crippen molar-refractivity contribution in [2.24, 2.45) is 0 Å². The average Bonchev–Trinajstić information content (AvgIpc) is 2.96. The second-order valence-electron chi connectivity index (χ2n) is 5.15. The highest BCUT2D eigenvalue weighted by Gasteiger charge is 2.26. The SMILES string of the molecule is OCCCN(CC1CCCO1)C1CCCC1. The minimum atomic E-state index is 0.314. The molecule has 0 spiro atoms. The van der Waals surface area contributed by atoms with Crippen molar-refractivity contribution in [2.75, 3.05) is 26.3 Å². The molecule has 1 saturated carbocycles. The van der Waals surface area contributed by atoms with Gasteiger partial charge in [0.15, 0.2) is 0 Å². The van der Waals surface area contributed by atoms with Gasteiger partial charge in [-0.25, -0.2) is 0 Å². The second kappa shape index (κ2) is 6.58. The van der Waals surface area contributed by atoms with Gasteiger partial charge in [0, 0.05) is 32.3 Å².